The number of nitro benzene ring substituents is 1. The first-order valence-electron chi connectivity index (χ1n) is 10.3. The van der Waals surface area contributed by atoms with E-state index in [4.69, 9.17) is 9.57 Å². The van der Waals surface area contributed by atoms with Crippen LogP contribution in [0.1, 0.15) is 11.6 Å². The van der Waals surface area contributed by atoms with Crippen molar-refractivity contribution in [1.82, 2.24) is 0 Å². The number of ether oxygens (including phenoxy) is 1. The predicted octanol–water partition coefficient (Wildman–Crippen LogP) is 3.65. The van der Waals surface area contributed by atoms with Gasteiger partial charge in [-0.3, -0.25) is 24.5 Å². The Morgan fingerprint density at radius 2 is 1.64 bits per heavy atom. The van der Waals surface area contributed by atoms with Gasteiger partial charge in [-0.25, -0.2) is 9.96 Å². The molecule has 3 aromatic rings. The van der Waals surface area contributed by atoms with Crippen LogP contribution < -0.4 is 14.7 Å². The van der Waals surface area contributed by atoms with Gasteiger partial charge in [0.05, 0.1) is 29.4 Å². The zero-order chi connectivity index (χ0) is 23.1. The quantitative estimate of drug-likeness (QED) is 0.336. The van der Waals surface area contributed by atoms with Gasteiger partial charge < -0.3 is 4.74 Å². The van der Waals surface area contributed by atoms with E-state index in [0.717, 1.165) is 4.90 Å². The van der Waals surface area contributed by atoms with Crippen molar-refractivity contribution < 1.29 is 24.1 Å². The third kappa shape index (κ3) is 3.39. The molecule has 0 saturated carbocycles. The van der Waals surface area contributed by atoms with Crippen molar-refractivity contribution in [1.29, 1.82) is 0 Å². The summed E-state index contributed by atoms with van der Waals surface area (Å²) in [6, 6.07) is 21.0. The molecular weight excluding hydrogens is 426 g/mol. The number of anilines is 2. The molecule has 33 heavy (non-hydrogen) atoms. The Hall–Kier alpha value is -4.24. The molecule has 0 radical (unpaired) electrons. The fraction of sp³-hybridized carbons (Fsp3) is 0.167. The van der Waals surface area contributed by atoms with Crippen LogP contribution >= 0.6 is 0 Å². The molecule has 2 aliphatic rings. The highest BCUT2D eigenvalue weighted by Gasteiger charge is 2.60. The van der Waals surface area contributed by atoms with E-state index >= 15 is 0 Å². The fourth-order valence-corrected chi connectivity index (χ4v) is 4.38. The minimum Gasteiger partial charge on any atom is -0.497 e. The number of para-hydroxylation sites is 1. The van der Waals surface area contributed by atoms with Crippen LogP contribution in [0.3, 0.4) is 0 Å². The highest BCUT2D eigenvalue weighted by atomic mass is 16.7. The smallest absolute Gasteiger partial charge is 0.271 e. The molecule has 2 saturated heterocycles. The first-order chi connectivity index (χ1) is 16.0. The molecule has 166 valence electrons. The lowest BCUT2D eigenvalue weighted by atomic mass is 9.90. The molecule has 0 aliphatic carbocycles. The number of hydroxylamine groups is 1. The summed E-state index contributed by atoms with van der Waals surface area (Å²) in [5, 5.41) is 12.7. The zero-order valence-corrected chi connectivity index (χ0v) is 17.5. The summed E-state index contributed by atoms with van der Waals surface area (Å²) >= 11 is 0. The van der Waals surface area contributed by atoms with E-state index in [1.165, 1.54) is 30.4 Å². The molecular formula is C24H19N3O6. The molecule has 9 heteroatoms. The van der Waals surface area contributed by atoms with Crippen LogP contribution in [-0.4, -0.2) is 30.0 Å². The van der Waals surface area contributed by atoms with E-state index in [9.17, 15) is 19.7 Å². The van der Waals surface area contributed by atoms with Gasteiger partial charge in [0, 0.05) is 12.1 Å². The van der Waals surface area contributed by atoms with Gasteiger partial charge >= 0.3 is 0 Å². The maximum atomic E-state index is 13.5. The Morgan fingerprint density at radius 3 is 2.36 bits per heavy atom. The van der Waals surface area contributed by atoms with Crippen LogP contribution in [0.15, 0.2) is 78.9 Å². The van der Waals surface area contributed by atoms with Crippen molar-refractivity contribution >= 4 is 28.9 Å². The second-order valence-corrected chi connectivity index (χ2v) is 7.72. The summed E-state index contributed by atoms with van der Waals surface area (Å²) in [5.41, 5.74) is 1.40. The number of methoxy groups -OCH3 is 1. The largest absolute Gasteiger partial charge is 0.497 e. The molecule has 0 unspecified atom stereocenters. The van der Waals surface area contributed by atoms with Crippen molar-refractivity contribution in [2.45, 2.75) is 12.1 Å². The number of fused-ring (bicyclic) bond motifs is 1. The monoisotopic (exact) mass is 445 g/mol. The molecule has 2 aliphatic heterocycles. The number of hydrogen-bond acceptors (Lipinski definition) is 7. The molecule has 3 aromatic carbocycles. The number of rotatable bonds is 5. The van der Waals surface area contributed by atoms with Gasteiger partial charge in [-0.05, 0) is 35.9 Å². The van der Waals surface area contributed by atoms with Crippen molar-refractivity contribution in [2.24, 2.45) is 5.92 Å². The molecule has 9 nitrogen and oxygen atoms in total. The van der Waals surface area contributed by atoms with Crippen LogP contribution in [0.25, 0.3) is 0 Å². The number of hydrogen-bond donors (Lipinski definition) is 0. The topological polar surface area (TPSA) is 102 Å². The summed E-state index contributed by atoms with van der Waals surface area (Å²) in [6.45, 7) is 0. The van der Waals surface area contributed by atoms with E-state index in [2.05, 4.69) is 0 Å². The van der Waals surface area contributed by atoms with Gasteiger partial charge in [0.25, 0.3) is 11.6 Å². The van der Waals surface area contributed by atoms with Gasteiger partial charge in [0.2, 0.25) is 5.91 Å². The lowest BCUT2D eigenvalue weighted by molar-refractivity contribution is -0.384. The maximum Gasteiger partial charge on any atom is 0.271 e. The molecule has 0 spiro atoms. The SMILES string of the molecule is COc1cccc([C@@H]2[C@@H]3C(=O)N(c4ccccc4)C(=O)[C@@H]3ON2c2cccc([N+](=O)[O-])c2)c1. The predicted molar refractivity (Wildman–Crippen MR) is 119 cm³/mol. The first kappa shape index (κ1) is 20.7. The lowest BCUT2D eigenvalue weighted by Gasteiger charge is -2.28. The molecule has 5 rings (SSSR count). The second-order valence-electron chi connectivity index (χ2n) is 7.72. The van der Waals surface area contributed by atoms with Crippen LogP contribution in [0, 0.1) is 16.0 Å². The second kappa shape index (κ2) is 8.03. The zero-order valence-electron chi connectivity index (χ0n) is 17.5. The van der Waals surface area contributed by atoms with Gasteiger partial charge in [-0.2, -0.15) is 0 Å². The average Bonchev–Trinajstić information content (AvgIpc) is 3.35. The summed E-state index contributed by atoms with van der Waals surface area (Å²) in [6.07, 6.45) is -1.06. The minimum absolute atomic E-state index is 0.124. The molecule has 0 bridgehead atoms. The number of carbonyl (C=O) groups excluding carboxylic acids is 2. The Balaban J connectivity index is 1.61. The summed E-state index contributed by atoms with van der Waals surface area (Å²) in [5.74, 6) is -1.13. The van der Waals surface area contributed by atoms with Crippen LogP contribution in [0.4, 0.5) is 17.1 Å². The van der Waals surface area contributed by atoms with Gasteiger partial charge in [-0.1, -0.05) is 36.4 Å². The van der Waals surface area contributed by atoms with E-state index in [1.807, 2.05) is 6.07 Å². The number of imide groups is 1. The third-order valence-electron chi connectivity index (χ3n) is 5.86. The number of amides is 2. The molecule has 2 fully saturated rings. The van der Waals surface area contributed by atoms with Gasteiger partial charge in [-0.15, -0.1) is 0 Å². The molecule has 0 aromatic heterocycles. The number of benzene rings is 3. The summed E-state index contributed by atoms with van der Waals surface area (Å²) < 4.78 is 5.34. The number of nitro groups is 1. The normalized spacial score (nSPS) is 21.9. The average molecular weight is 445 g/mol. The van der Waals surface area contributed by atoms with E-state index in [0.29, 0.717) is 22.7 Å². The van der Waals surface area contributed by atoms with Crippen LogP contribution in [-0.2, 0) is 14.4 Å². The third-order valence-corrected chi connectivity index (χ3v) is 5.86. The summed E-state index contributed by atoms with van der Waals surface area (Å²) in [7, 11) is 1.53. The molecule has 0 N–H and O–H groups in total. The Kier molecular flexibility index (Phi) is 5.02. The minimum atomic E-state index is -1.06. The Labute approximate surface area is 188 Å². The molecule has 3 atom stereocenters. The molecule has 2 heterocycles. The van der Waals surface area contributed by atoms with E-state index in [1.54, 1.807) is 54.6 Å². The summed E-state index contributed by atoms with van der Waals surface area (Å²) in [4.78, 5) is 44.8. The van der Waals surface area contributed by atoms with Crippen molar-refractivity contribution in [3.63, 3.8) is 0 Å². The Morgan fingerprint density at radius 1 is 0.909 bits per heavy atom. The van der Waals surface area contributed by atoms with Gasteiger partial charge in [0.1, 0.15) is 11.7 Å². The highest BCUT2D eigenvalue weighted by molar-refractivity contribution is 6.23. The van der Waals surface area contributed by atoms with Crippen molar-refractivity contribution in [2.75, 3.05) is 17.1 Å². The fourth-order valence-electron chi connectivity index (χ4n) is 4.38. The molecule has 2 amide bonds. The maximum absolute atomic E-state index is 13.5. The number of nitrogens with zero attached hydrogens (tertiary/aromatic N) is 3. The standard InChI is InChI=1S/C24H19N3O6/c1-32-19-12-5-7-15(13-19)21-20-22(24(29)25(23(20)28)16-8-3-2-4-9-16)33-26(21)17-10-6-11-18(14-17)27(30)31/h2-14,20-22H,1H3/t20-,21+,22+/m0/s1. The van der Waals surface area contributed by atoms with Crippen molar-refractivity contribution in [3.05, 3.63) is 94.5 Å². The van der Waals surface area contributed by atoms with Crippen LogP contribution in [0.2, 0.25) is 0 Å². The van der Waals surface area contributed by atoms with Crippen LogP contribution in [0.5, 0.6) is 5.75 Å². The lowest BCUT2D eigenvalue weighted by Crippen LogP contribution is -2.37. The van der Waals surface area contributed by atoms with Gasteiger partial charge in [0.15, 0.2) is 6.10 Å². The number of carbonyl (C=O) groups is 2. The highest BCUT2D eigenvalue weighted by Crippen LogP contribution is 2.48. The Bertz CT molecular complexity index is 1250. The first-order valence-corrected chi connectivity index (χ1v) is 10.3. The number of non-ortho nitro benzene ring substituents is 1. The van der Waals surface area contributed by atoms with E-state index in [-0.39, 0.29) is 5.69 Å². The van der Waals surface area contributed by atoms with Crippen molar-refractivity contribution in [3.8, 4) is 5.75 Å². The van der Waals surface area contributed by atoms with E-state index < -0.39 is 34.8 Å².